The first kappa shape index (κ1) is 21.4. The fourth-order valence-corrected chi connectivity index (χ4v) is 4.48. The Hall–Kier alpha value is -2.80. The molecular formula is C24H27F2N3O2. The number of amides is 1. The van der Waals surface area contributed by atoms with Crippen LogP contribution < -0.4 is 5.32 Å². The molecule has 1 amide bonds. The van der Waals surface area contributed by atoms with E-state index in [0.29, 0.717) is 30.8 Å². The van der Waals surface area contributed by atoms with Gasteiger partial charge < -0.3 is 14.6 Å². The second kappa shape index (κ2) is 8.75. The number of nitrogens with zero attached hydrogens (tertiary/aromatic N) is 2. The predicted octanol–water partition coefficient (Wildman–Crippen LogP) is 4.38. The van der Waals surface area contributed by atoms with Crippen LogP contribution in [0.1, 0.15) is 38.3 Å². The molecule has 2 aromatic carbocycles. The van der Waals surface area contributed by atoms with E-state index in [2.05, 4.69) is 22.4 Å². The third-order valence-corrected chi connectivity index (χ3v) is 6.25. The second-order valence-corrected chi connectivity index (χ2v) is 8.57. The Kier molecular flexibility index (Phi) is 6.05. The molecule has 1 saturated heterocycles. The number of halogens is 2. The number of aromatic nitrogens is 2. The van der Waals surface area contributed by atoms with E-state index in [1.807, 2.05) is 32.0 Å². The van der Waals surface area contributed by atoms with Gasteiger partial charge in [-0.3, -0.25) is 4.79 Å². The van der Waals surface area contributed by atoms with Crippen molar-refractivity contribution in [1.82, 2.24) is 14.9 Å². The molecule has 0 aliphatic carbocycles. The number of nitrogens with one attached hydrogen (secondary N) is 1. The van der Waals surface area contributed by atoms with Crippen LogP contribution in [0.4, 0.5) is 8.78 Å². The molecule has 1 fully saturated rings. The summed E-state index contributed by atoms with van der Waals surface area (Å²) in [6.45, 7) is 5.64. The quantitative estimate of drug-likeness (QED) is 0.635. The van der Waals surface area contributed by atoms with E-state index < -0.39 is 17.7 Å². The zero-order valence-corrected chi connectivity index (χ0v) is 17.8. The van der Waals surface area contributed by atoms with Gasteiger partial charge in [-0.05, 0) is 24.3 Å². The van der Waals surface area contributed by atoms with Gasteiger partial charge in [0.25, 0.3) is 0 Å². The number of rotatable bonds is 6. The maximum Gasteiger partial charge on any atom is 0.243 e. The molecule has 1 N–H and O–H groups in total. The maximum absolute atomic E-state index is 13.9. The lowest BCUT2D eigenvalue weighted by Gasteiger charge is -2.38. The molecule has 0 saturated carbocycles. The molecule has 1 unspecified atom stereocenters. The van der Waals surface area contributed by atoms with Gasteiger partial charge >= 0.3 is 0 Å². The summed E-state index contributed by atoms with van der Waals surface area (Å²) < 4.78 is 34.7. The number of imidazole rings is 1. The van der Waals surface area contributed by atoms with Crippen molar-refractivity contribution in [2.75, 3.05) is 19.8 Å². The van der Waals surface area contributed by atoms with E-state index in [-0.39, 0.29) is 17.2 Å². The van der Waals surface area contributed by atoms with Crippen LogP contribution in [0, 0.1) is 17.6 Å². The second-order valence-electron chi connectivity index (χ2n) is 8.57. The van der Waals surface area contributed by atoms with Crippen LogP contribution in [-0.4, -0.2) is 35.2 Å². The van der Waals surface area contributed by atoms with Gasteiger partial charge in [-0.15, -0.1) is 0 Å². The van der Waals surface area contributed by atoms with Crippen molar-refractivity contribution in [2.24, 2.45) is 5.92 Å². The average molecular weight is 427 g/mol. The number of hydrogen-bond donors (Lipinski definition) is 1. The third-order valence-electron chi connectivity index (χ3n) is 6.25. The Morgan fingerprint density at radius 2 is 1.84 bits per heavy atom. The molecule has 4 rings (SSSR count). The molecule has 0 radical (unpaired) electrons. The minimum atomic E-state index is -0.956. The SMILES string of the molecule is CC(C)C(C(=O)NCC1(c2ccccc2)CCOCC1)n1cnc2cc(F)c(F)cc21. The van der Waals surface area contributed by atoms with Gasteiger partial charge in [0.05, 0.1) is 17.4 Å². The molecule has 31 heavy (non-hydrogen) atoms. The van der Waals surface area contributed by atoms with E-state index in [0.717, 1.165) is 25.0 Å². The number of carbonyl (C=O) groups excluding carboxylic acids is 1. The average Bonchev–Trinajstić information content (AvgIpc) is 3.16. The lowest BCUT2D eigenvalue weighted by atomic mass is 9.74. The highest BCUT2D eigenvalue weighted by atomic mass is 19.2. The van der Waals surface area contributed by atoms with Crippen LogP contribution in [0.15, 0.2) is 48.8 Å². The van der Waals surface area contributed by atoms with Gasteiger partial charge in [-0.25, -0.2) is 13.8 Å². The third kappa shape index (κ3) is 4.19. The molecule has 5 nitrogen and oxygen atoms in total. The van der Waals surface area contributed by atoms with Gasteiger partial charge in [0.15, 0.2) is 11.6 Å². The molecule has 2 heterocycles. The van der Waals surface area contributed by atoms with E-state index in [4.69, 9.17) is 4.74 Å². The van der Waals surface area contributed by atoms with Crippen molar-refractivity contribution < 1.29 is 18.3 Å². The first-order chi connectivity index (χ1) is 14.9. The summed E-state index contributed by atoms with van der Waals surface area (Å²) in [7, 11) is 0. The highest BCUT2D eigenvalue weighted by molar-refractivity contribution is 5.84. The van der Waals surface area contributed by atoms with E-state index in [1.165, 1.54) is 11.9 Å². The van der Waals surface area contributed by atoms with E-state index in [1.54, 1.807) is 4.57 Å². The number of benzene rings is 2. The molecule has 1 aliphatic heterocycles. The lowest BCUT2D eigenvalue weighted by molar-refractivity contribution is -0.126. The Morgan fingerprint density at radius 1 is 1.16 bits per heavy atom. The lowest BCUT2D eigenvalue weighted by Crippen LogP contribution is -2.46. The normalized spacial score (nSPS) is 17.1. The predicted molar refractivity (Wildman–Crippen MR) is 115 cm³/mol. The standard InChI is InChI=1S/C24H27F2N3O2/c1-16(2)22(29-15-28-20-12-18(25)19(26)13-21(20)29)23(30)27-14-24(8-10-31-11-9-24)17-6-4-3-5-7-17/h3-7,12-13,15-16,22H,8-11,14H2,1-2H3,(H,27,30). The van der Waals surface area contributed by atoms with Crippen molar-refractivity contribution in [2.45, 2.75) is 38.1 Å². The topological polar surface area (TPSA) is 56.1 Å². The van der Waals surface area contributed by atoms with Gasteiger partial charge in [0.2, 0.25) is 5.91 Å². The van der Waals surface area contributed by atoms with Crippen molar-refractivity contribution in [1.29, 1.82) is 0 Å². The maximum atomic E-state index is 13.9. The highest BCUT2D eigenvalue weighted by Gasteiger charge is 2.36. The molecular weight excluding hydrogens is 400 g/mol. The Balaban J connectivity index is 1.60. The summed E-state index contributed by atoms with van der Waals surface area (Å²) >= 11 is 0. The molecule has 7 heteroatoms. The Morgan fingerprint density at radius 3 is 2.52 bits per heavy atom. The van der Waals surface area contributed by atoms with Gasteiger partial charge in [0, 0.05) is 37.3 Å². The van der Waals surface area contributed by atoms with Gasteiger partial charge in [0.1, 0.15) is 6.04 Å². The first-order valence-electron chi connectivity index (χ1n) is 10.6. The first-order valence-corrected chi connectivity index (χ1v) is 10.6. The van der Waals surface area contributed by atoms with E-state index in [9.17, 15) is 13.6 Å². The van der Waals surface area contributed by atoms with Crippen molar-refractivity contribution in [3.63, 3.8) is 0 Å². The summed E-state index contributed by atoms with van der Waals surface area (Å²) in [5, 5.41) is 3.14. The molecule has 1 aromatic heterocycles. The summed E-state index contributed by atoms with van der Waals surface area (Å²) in [6.07, 6.45) is 3.12. The molecule has 164 valence electrons. The van der Waals surface area contributed by atoms with Crippen LogP contribution in [0.5, 0.6) is 0 Å². The molecule has 1 aliphatic rings. The Bertz CT molecular complexity index is 1060. The van der Waals surface area contributed by atoms with Gasteiger partial charge in [-0.2, -0.15) is 0 Å². The fourth-order valence-electron chi connectivity index (χ4n) is 4.48. The van der Waals surface area contributed by atoms with Crippen LogP contribution >= 0.6 is 0 Å². The number of ether oxygens (including phenoxy) is 1. The summed E-state index contributed by atoms with van der Waals surface area (Å²) in [4.78, 5) is 17.5. The Labute approximate surface area is 180 Å². The van der Waals surface area contributed by atoms with Crippen LogP contribution in [0.25, 0.3) is 11.0 Å². The fraction of sp³-hybridized carbons (Fsp3) is 0.417. The molecule has 0 spiro atoms. The minimum Gasteiger partial charge on any atom is -0.381 e. The number of fused-ring (bicyclic) bond motifs is 1. The molecule has 1 atom stereocenters. The minimum absolute atomic E-state index is 0.0760. The van der Waals surface area contributed by atoms with Crippen molar-refractivity contribution >= 4 is 16.9 Å². The van der Waals surface area contributed by atoms with Crippen LogP contribution in [0.2, 0.25) is 0 Å². The zero-order chi connectivity index (χ0) is 22.0. The zero-order valence-electron chi connectivity index (χ0n) is 17.8. The number of carbonyl (C=O) groups is 1. The van der Waals surface area contributed by atoms with E-state index >= 15 is 0 Å². The summed E-state index contributed by atoms with van der Waals surface area (Å²) in [5.74, 6) is -2.15. The highest BCUT2D eigenvalue weighted by Crippen LogP contribution is 2.34. The monoisotopic (exact) mass is 427 g/mol. The van der Waals surface area contributed by atoms with Crippen molar-refractivity contribution in [3.05, 3.63) is 66.0 Å². The summed E-state index contributed by atoms with van der Waals surface area (Å²) in [5.41, 5.74) is 1.72. The number of hydrogen-bond acceptors (Lipinski definition) is 3. The van der Waals surface area contributed by atoms with Crippen molar-refractivity contribution in [3.8, 4) is 0 Å². The largest absolute Gasteiger partial charge is 0.381 e. The van der Waals surface area contributed by atoms with Crippen LogP contribution in [0.3, 0.4) is 0 Å². The van der Waals surface area contributed by atoms with Crippen LogP contribution in [-0.2, 0) is 14.9 Å². The summed E-state index contributed by atoms with van der Waals surface area (Å²) in [6, 6.07) is 11.8. The molecule has 0 bridgehead atoms. The smallest absolute Gasteiger partial charge is 0.243 e. The molecule has 3 aromatic rings. The van der Waals surface area contributed by atoms with Gasteiger partial charge in [-0.1, -0.05) is 44.2 Å².